The first kappa shape index (κ1) is 27.6. The molecule has 0 atom stereocenters. The van der Waals surface area contributed by atoms with Crippen LogP contribution in [0.25, 0.3) is 22.4 Å². The molecule has 2 aromatic carbocycles. The number of aromatic nitrogens is 4. The average Bonchev–Trinajstić information content (AvgIpc) is 3.37. The molecule has 6 rings (SSSR count). The first-order chi connectivity index (χ1) is 20.3. The Morgan fingerprint density at radius 3 is 2.45 bits per heavy atom. The number of nitrogens with zero attached hydrogens (tertiary/aromatic N) is 6. The SMILES string of the molecule is Cc1cc(NC(=O)c2cc(Oc3nc(-c4ccncc4)nc4ccn(C)c34)ccc2C)ccc1CN1CCN(C)CC1. The highest BCUT2D eigenvalue weighted by atomic mass is 16.5. The number of amides is 1. The van der Waals surface area contributed by atoms with Crippen LogP contribution in [0.2, 0.25) is 0 Å². The summed E-state index contributed by atoms with van der Waals surface area (Å²) in [5.41, 5.74) is 7.00. The van der Waals surface area contributed by atoms with Gasteiger partial charge < -0.3 is 19.5 Å². The number of hydrogen-bond donors (Lipinski definition) is 1. The number of hydrogen-bond acceptors (Lipinski definition) is 7. The highest BCUT2D eigenvalue weighted by molar-refractivity contribution is 6.05. The van der Waals surface area contributed by atoms with E-state index >= 15 is 0 Å². The number of nitrogens with one attached hydrogen (secondary N) is 1. The molecule has 0 spiro atoms. The van der Waals surface area contributed by atoms with Gasteiger partial charge >= 0.3 is 0 Å². The van der Waals surface area contributed by atoms with Gasteiger partial charge in [0, 0.05) is 75.2 Å². The Balaban J connectivity index is 1.22. The van der Waals surface area contributed by atoms with Gasteiger partial charge in [0.25, 0.3) is 5.91 Å². The molecule has 9 nitrogen and oxygen atoms in total. The highest BCUT2D eigenvalue weighted by Crippen LogP contribution is 2.31. The lowest BCUT2D eigenvalue weighted by molar-refractivity contribution is 0.102. The van der Waals surface area contributed by atoms with E-state index in [2.05, 4.69) is 40.1 Å². The van der Waals surface area contributed by atoms with E-state index < -0.39 is 0 Å². The van der Waals surface area contributed by atoms with Crippen LogP contribution in [0.1, 0.15) is 27.0 Å². The first-order valence-electron chi connectivity index (χ1n) is 14.2. The van der Waals surface area contributed by atoms with Gasteiger partial charge in [0.05, 0.1) is 5.52 Å². The predicted octanol–water partition coefficient (Wildman–Crippen LogP) is 5.44. The number of fused-ring (bicyclic) bond motifs is 1. The number of piperazine rings is 1. The molecule has 0 aliphatic carbocycles. The zero-order valence-corrected chi connectivity index (χ0v) is 24.5. The minimum Gasteiger partial charge on any atom is -0.437 e. The summed E-state index contributed by atoms with van der Waals surface area (Å²) < 4.78 is 8.26. The van der Waals surface area contributed by atoms with E-state index in [1.54, 1.807) is 18.5 Å². The standard InChI is InChI=1S/C33H35N7O2/c1-22-5-8-27(42-33-30-29(11-14-39(30)4)36-31(37-33)24-9-12-34-13-10-24)20-28(22)32(41)35-26-7-6-25(23(2)19-26)21-40-17-15-38(3)16-18-40/h5-14,19-20H,15-18,21H2,1-4H3,(H,35,41). The predicted molar refractivity (Wildman–Crippen MR) is 165 cm³/mol. The highest BCUT2D eigenvalue weighted by Gasteiger charge is 2.18. The largest absolute Gasteiger partial charge is 0.437 e. The summed E-state index contributed by atoms with van der Waals surface area (Å²) >= 11 is 0. The van der Waals surface area contributed by atoms with Crippen molar-refractivity contribution in [1.29, 1.82) is 0 Å². The van der Waals surface area contributed by atoms with Crippen LogP contribution in [0, 0.1) is 13.8 Å². The van der Waals surface area contributed by atoms with Crippen molar-refractivity contribution >= 4 is 22.6 Å². The van der Waals surface area contributed by atoms with Gasteiger partial charge in [0.15, 0.2) is 5.82 Å². The maximum atomic E-state index is 13.4. The minimum absolute atomic E-state index is 0.187. The Bertz CT molecular complexity index is 1740. The van der Waals surface area contributed by atoms with Crippen LogP contribution in [-0.2, 0) is 13.6 Å². The minimum atomic E-state index is -0.187. The number of likely N-dealkylation sites (N-methyl/N-ethyl adjacent to an activating group) is 1. The molecule has 42 heavy (non-hydrogen) atoms. The second-order valence-electron chi connectivity index (χ2n) is 11.0. The molecule has 1 aliphatic heterocycles. The summed E-state index contributed by atoms with van der Waals surface area (Å²) in [6.45, 7) is 9.27. The Labute approximate surface area is 245 Å². The van der Waals surface area contributed by atoms with Gasteiger partial charge in [-0.05, 0) is 80.1 Å². The second kappa shape index (κ2) is 11.7. The zero-order chi connectivity index (χ0) is 29.2. The monoisotopic (exact) mass is 561 g/mol. The summed E-state index contributed by atoms with van der Waals surface area (Å²) in [5.74, 6) is 1.29. The van der Waals surface area contributed by atoms with Crippen LogP contribution < -0.4 is 10.1 Å². The summed E-state index contributed by atoms with van der Waals surface area (Å²) in [6, 6.07) is 17.3. The van der Waals surface area contributed by atoms with E-state index in [-0.39, 0.29) is 5.91 Å². The normalized spacial score (nSPS) is 14.3. The first-order valence-corrected chi connectivity index (χ1v) is 14.2. The molecule has 1 saturated heterocycles. The van der Waals surface area contributed by atoms with Crippen molar-refractivity contribution in [2.24, 2.45) is 7.05 Å². The number of ether oxygens (including phenoxy) is 1. The van der Waals surface area contributed by atoms with Gasteiger partial charge in [0.1, 0.15) is 11.3 Å². The van der Waals surface area contributed by atoms with Crippen LogP contribution in [-0.4, -0.2) is 68.5 Å². The molecule has 214 valence electrons. The number of rotatable bonds is 7. The van der Waals surface area contributed by atoms with Crippen molar-refractivity contribution in [3.8, 4) is 23.0 Å². The molecule has 1 amide bonds. The zero-order valence-electron chi connectivity index (χ0n) is 24.5. The van der Waals surface area contributed by atoms with Gasteiger partial charge in [-0.3, -0.25) is 14.7 Å². The van der Waals surface area contributed by atoms with Crippen molar-refractivity contribution in [3.63, 3.8) is 0 Å². The summed E-state index contributed by atoms with van der Waals surface area (Å²) in [6.07, 6.45) is 5.35. The quantitative estimate of drug-likeness (QED) is 0.283. The molecule has 1 aliphatic rings. The van der Waals surface area contributed by atoms with E-state index in [4.69, 9.17) is 14.7 Å². The second-order valence-corrected chi connectivity index (χ2v) is 11.0. The number of aryl methyl sites for hydroxylation is 3. The fourth-order valence-electron chi connectivity index (χ4n) is 5.27. The number of carbonyl (C=O) groups excluding carboxylic acids is 1. The smallest absolute Gasteiger partial charge is 0.256 e. The molecular weight excluding hydrogens is 526 g/mol. The third-order valence-electron chi connectivity index (χ3n) is 7.88. The van der Waals surface area contributed by atoms with Crippen molar-refractivity contribution in [3.05, 3.63) is 95.4 Å². The third-order valence-corrected chi connectivity index (χ3v) is 7.88. The van der Waals surface area contributed by atoms with E-state index in [1.807, 2.05) is 67.2 Å². The molecule has 0 bridgehead atoms. The lowest BCUT2D eigenvalue weighted by Crippen LogP contribution is -2.43. The Hall–Kier alpha value is -4.60. The number of carbonyl (C=O) groups is 1. The lowest BCUT2D eigenvalue weighted by atomic mass is 10.1. The lowest BCUT2D eigenvalue weighted by Gasteiger charge is -2.32. The number of anilines is 1. The van der Waals surface area contributed by atoms with Crippen LogP contribution in [0.5, 0.6) is 11.6 Å². The Morgan fingerprint density at radius 2 is 1.69 bits per heavy atom. The molecule has 1 N–H and O–H groups in total. The van der Waals surface area contributed by atoms with Crippen LogP contribution in [0.4, 0.5) is 5.69 Å². The fraction of sp³-hybridized carbons (Fsp3) is 0.273. The number of benzene rings is 2. The maximum Gasteiger partial charge on any atom is 0.256 e. The van der Waals surface area contributed by atoms with Crippen molar-refractivity contribution < 1.29 is 9.53 Å². The summed E-state index contributed by atoms with van der Waals surface area (Å²) in [7, 11) is 4.10. The fourth-order valence-corrected chi connectivity index (χ4v) is 5.27. The summed E-state index contributed by atoms with van der Waals surface area (Å²) in [5, 5.41) is 3.08. The van der Waals surface area contributed by atoms with Crippen LogP contribution >= 0.6 is 0 Å². The third kappa shape index (κ3) is 5.88. The van der Waals surface area contributed by atoms with E-state index in [0.717, 1.165) is 60.6 Å². The van der Waals surface area contributed by atoms with E-state index in [1.165, 1.54) is 11.1 Å². The van der Waals surface area contributed by atoms with Gasteiger partial charge in [-0.25, -0.2) is 4.98 Å². The maximum absolute atomic E-state index is 13.4. The van der Waals surface area contributed by atoms with E-state index in [9.17, 15) is 4.79 Å². The topological polar surface area (TPSA) is 88.4 Å². The van der Waals surface area contributed by atoms with Crippen LogP contribution in [0.3, 0.4) is 0 Å². The van der Waals surface area contributed by atoms with Gasteiger partial charge in [-0.2, -0.15) is 4.98 Å². The van der Waals surface area contributed by atoms with Gasteiger partial charge in [0.2, 0.25) is 5.88 Å². The van der Waals surface area contributed by atoms with Gasteiger partial charge in [-0.15, -0.1) is 0 Å². The molecule has 3 aromatic heterocycles. The van der Waals surface area contributed by atoms with Crippen molar-refractivity contribution in [2.45, 2.75) is 20.4 Å². The Morgan fingerprint density at radius 1 is 0.905 bits per heavy atom. The molecule has 0 radical (unpaired) electrons. The molecular formula is C33H35N7O2. The molecule has 1 fully saturated rings. The van der Waals surface area contributed by atoms with Gasteiger partial charge in [-0.1, -0.05) is 12.1 Å². The van der Waals surface area contributed by atoms with Crippen molar-refractivity contribution in [2.75, 3.05) is 38.5 Å². The summed E-state index contributed by atoms with van der Waals surface area (Å²) in [4.78, 5) is 31.8. The van der Waals surface area contributed by atoms with E-state index in [0.29, 0.717) is 23.0 Å². The van der Waals surface area contributed by atoms with Crippen LogP contribution in [0.15, 0.2) is 73.2 Å². The Kier molecular flexibility index (Phi) is 7.69. The molecule has 0 unspecified atom stereocenters. The average molecular weight is 562 g/mol. The molecule has 4 heterocycles. The van der Waals surface area contributed by atoms with Crippen molar-refractivity contribution in [1.82, 2.24) is 29.3 Å². The molecule has 5 aromatic rings. The number of pyridine rings is 1. The molecule has 0 saturated carbocycles. The molecule has 9 heteroatoms.